The first-order chi connectivity index (χ1) is 8.54. The van der Waals surface area contributed by atoms with Gasteiger partial charge in [0, 0.05) is 17.4 Å². The Morgan fingerprint density at radius 1 is 1.06 bits per heavy atom. The number of anilines is 2. The summed E-state index contributed by atoms with van der Waals surface area (Å²) >= 11 is 1.14. The number of aromatic nitrogens is 2. The van der Waals surface area contributed by atoms with Crippen LogP contribution in [0.15, 0.2) is 29.4 Å². The Hall–Kier alpha value is -1.89. The van der Waals surface area contributed by atoms with Gasteiger partial charge in [-0.2, -0.15) is 0 Å². The molecule has 0 bridgehead atoms. The fraction of sp³-hybridized carbons (Fsp3) is 0.0909. The smallest absolute Gasteiger partial charge is 0.191 e. The van der Waals surface area contributed by atoms with E-state index >= 15 is 0 Å². The maximum atomic E-state index is 13.4. The molecule has 1 heterocycles. The number of nitrogen functional groups attached to an aromatic ring is 2. The van der Waals surface area contributed by atoms with Crippen molar-refractivity contribution in [3.8, 4) is 0 Å². The van der Waals surface area contributed by atoms with E-state index in [1.807, 2.05) is 0 Å². The minimum atomic E-state index is -0.486. The third-order valence-electron chi connectivity index (χ3n) is 2.11. The second kappa shape index (κ2) is 5.18. The molecule has 0 saturated carbocycles. The van der Waals surface area contributed by atoms with Crippen molar-refractivity contribution < 1.29 is 8.78 Å². The highest BCUT2D eigenvalue weighted by Gasteiger charge is 2.07. The predicted octanol–water partition coefficient (Wildman–Crippen LogP) is 2.21. The van der Waals surface area contributed by atoms with Crippen molar-refractivity contribution in [2.45, 2.75) is 10.9 Å². The quantitative estimate of drug-likeness (QED) is 0.659. The second-order valence-electron chi connectivity index (χ2n) is 3.52. The summed E-state index contributed by atoms with van der Waals surface area (Å²) in [5.41, 5.74) is 11.2. The Bertz CT molecular complexity index is 557. The van der Waals surface area contributed by atoms with Gasteiger partial charge in [-0.3, -0.25) is 0 Å². The summed E-state index contributed by atoms with van der Waals surface area (Å²) in [5, 5.41) is 0.330. The van der Waals surface area contributed by atoms with E-state index in [4.69, 9.17) is 11.5 Å². The van der Waals surface area contributed by atoms with Crippen LogP contribution in [0, 0.1) is 11.6 Å². The van der Waals surface area contributed by atoms with Gasteiger partial charge in [-0.05, 0) is 18.2 Å². The summed E-state index contributed by atoms with van der Waals surface area (Å²) in [7, 11) is 0. The van der Waals surface area contributed by atoms with E-state index in [9.17, 15) is 8.78 Å². The molecule has 0 amide bonds. The first-order valence-electron chi connectivity index (χ1n) is 5.01. The van der Waals surface area contributed by atoms with Crippen LogP contribution in [-0.2, 0) is 5.75 Å². The molecule has 18 heavy (non-hydrogen) atoms. The van der Waals surface area contributed by atoms with E-state index in [-0.39, 0.29) is 23.0 Å². The number of benzene rings is 1. The van der Waals surface area contributed by atoms with Gasteiger partial charge in [0.2, 0.25) is 0 Å². The highest BCUT2D eigenvalue weighted by molar-refractivity contribution is 7.98. The van der Waals surface area contributed by atoms with Crippen LogP contribution in [0.2, 0.25) is 0 Å². The lowest BCUT2D eigenvalue weighted by molar-refractivity contribution is 0.591. The molecule has 0 spiro atoms. The van der Waals surface area contributed by atoms with Crippen LogP contribution < -0.4 is 11.5 Å². The van der Waals surface area contributed by atoms with Crippen molar-refractivity contribution in [1.29, 1.82) is 0 Å². The maximum absolute atomic E-state index is 13.4. The summed E-state index contributed by atoms with van der Waals surface area (Å²) in [4.78, 5) is 7.87. The minimum Gasteiger partial charge on any atom is -0.383 e. The number of hydrogen-bond donors (Lipinski definition) is 2. The molecule has 0 aliphatic rings. The Morgan fingerprint density at radius 3 is 2.39 bits per heavy atom. The van der Waals surface area contributed by atoms with E-state index in [0.29, 0.717) is 5.16 Å². The van der Waals surface area contributed by atoms with Crippen molar-refractivity contribution >= 4 is 23.4 Å². The first-order valence-corrected chi connectivity index (χ1v) is 6.00. The van der Waals surface area contributed by atoms with Crippen LogP contribution in [-0.4, -0.2) is 9.97 Å². The van der Waals surface area contributed by atoms with E-state index < -0.39 is 11.6 Å². The van der Waals surface area contributed by atoms with Crippen molar-refractivity contribution in [3.05, 3.63) is 41.5 Å². The van der Waals surface area contributed by atoms with Gasteiger partial charge in [-0.1, -0.05) is 11.8 Å². The second-order valence-corrected chi connectivity index (χ2v) is 4.47. The molecule has 0 unspecified atom stereocenters. The maximum Gasteiger partial charge on any atom is 0.191 e. The lowest BCUT2D eigenvalue weighted by atomic mass is 10.2. The molecular formula is C11H10F2N4S. The van der Waals surface area contributed by atoms with Crippen LogP contribution in [0.5, 0.6) is 0 Å². The van der Waals surface area contributed by atoms with Crippen LogP contribution in [0.1, 0.15) is 5.56 Å². The third-order valence-corrected chi connectivity index (χ3v) is 3.01. The molecule has 1 aromatic carbocycles. The lowest BCUT2D eigenvalue weighted by Crippen LogP contribution is -1.99. The van der Waals surface area contributed by atoms with Crippen LogP contribution in [0.3, 0.4) is 0 Å². The molecule has 2 rings (SSSR count). The molecule has 0 fully saturated rings. The monoisotopic (exact) mass is 268 g/mol. The molecule has 4 nitrogen and oxygen atoms in total. The Kier molecular flexibility index (Phi) is 3.61. The van der Waals surface area contributed by atoms with Gasteiger partial charge in [0.25, 0.3) is 0 Å². The summed E-state index contributed by atoms with van der Waals surface area (Å²) in [6, 6.07) is 4.71. The van der Waals surface area contributed by atoms with Crippen molar-refractivity contribution in [1.82, 2.24) is 9.97 Å². The van der Waals surface area contributed by atoms with Crippen molar-refractivity contribution in [2.24, 2.45) is 0 Å². The summed E-state index contributed by atoms with van der Waals surface area (Å²) in [6.45, 7) is 0. The Balaban J connectivity index is 2.13. The van der Waals surface area contributed by atoms with Gasteiger partial charge in [0.1, 0.15) is 23.3 Å². The first kappa shape index (κ1) is 12.6. The Labute approximate surface area is 106 Å². The Morgan fingerprint density at radius 2 is 1.72 bits per heavy atom. The van der Waals surface area contributed by atoms with Gasteiger partial charge in [-0.25, -0.2) is 18.7 Å². The van der Waals surface area contributed by atoms with Crippen LogP contribution in [0.25, 0.3) is 0 Å². The number of nitrogens with zero attached hydrogens (tertiary/aromatic N) is 2. The highest BCUT2D eigenvalue weighted by Crippen LogP contribution is 2.23. The molecule has 7 heteroatoms. The van der Waals surface area contributed by atoms with Gasteiger partial charge in [0.15, 0.2) is 5.16 Å². The van der Waals surface area contributed by atoms with Crippen molar-refractivity contribution in [2.75, 3.05) is 11.5 Å². The molecule has 4 N–H and O–H groups in total. The number of nitrogens with two attached hydrogens (primary N) is 2. The molecule has 0 aliphatic carbocycles. The number of rotatable bonds is 3. The zero-order valence-electron chi connectivity index (χ0n) is 9.23. The molecule has 0 atom stereocenters. The zero-order chi connectivity index (χ0) is 13.1. The average Bonchev–Trinajstić information content (AvgIpc) is 2.29. The molecule has 0 aliphatic heterocycles. The SMILES string of the molecule is Nc1cc(N)nc(SCc2cc(F)ccc2F)n1. The third kappa shape index (κ3) is 3.07. The van der Waals surface area contributed by atoms with E-state index in [1.54, 1.807) is 0 Å². The normalized spacial score (nSPS) is 10.6. The van der Waals surface area contributed by atoms with E-state index in [1.165, 1.54) is 6.07 Å². The summed E-state index contributed by atoms with van der Waals surface area (Å²) in [5.74, 6) is -0.276. The molecule has 1 aromatic heterocycles. The standard InChI is InChI=1S/C11H10F2N4S/c12-7-1-2-8(13)6(3-7)5-18-11-16-9(14)4-10(15)17-11/h1-4H,5H2,(H4,14,15,16,17). The lowest BCUT2D eigenvalue weighted by Gasteiger charge is -2.04. The molecule has 0 radical (unpaired) electrons. The average molecular weight is 268 g/mol. The van der Waals surface area contributed by atoms with Crippen LogP contribution >= 0.6 is 11.8 Å². The molecule has 0 saturated heterocycles. The number of halogens is 2. The minimum absolute atomic E-state index is 0.201. The van der Waals surface area contributed by atoms with Gasteiger partial charge < -0.3 is 11.5 Å². The highest BCUT2D eigenvalue weighted by atomic mass is 32.2. The predicted molar refractivity (Wildman–Crippen MR) is 66.8 cm³/mol. The largest absolute Gasteiger partial charge is 0.383 e. The number of thioether (sulfide) groups is 1. The van der Waals surface area contributed by atoms with Gasteiger partial charge >= 0.3 is 0 Å². The summed E-state index contributed by atoms with van der Waals surface area (Å²) in [6.07, 6.45) is 0. The zero-order valence-corrected chi connectivity index (χ0v) is 10.0. The van der Waals surface area contributed by atoms with Crippen molar-refractivity contribution in [3.63, 3.8) is 0 Å². The molecule has 2 aromatic rings. The fourth-order valence-corrected chi connectivity index (χ4v) is 2.17. The number of hydrogen-bond acceptors (Lipinski definition) is 5. The van der Waals surface area contributed by atoms with E-state index in [2.05, 4.69) is 9.97 Å². The molecular weight excluding hydrogens is 258 g/mol. The fourth-order valence-electron chi connectivity index (χ4n) is 1.32. The molecule has 94 valence electrons. The summed E-state index contributed by atoms with van der Waals surface area (Å²) < 4.78 is 26.3. The topological polar surface area (TPSA) is 77.8 Å². The van der Waals surface area contributed by atoms with E-state index in [0.717, 1.165) is 30.0 Å². The van der Waals surface area contributed by atoms with Gasteiger partial charge in [-0.15, -0.1) is 0 Å². The van der Waals surface area contributed by atoms with Crippen LogP contribution in [0.4, 0.5) is 20.4 Å². The van der Waals surface area contributed by atoms with Gasteiger partial charge in [0.05, 0.1) is 0 Å².